The summed E-state index contributed by atoms with van der Waals surface area (Å²) in [6, 6.07) is 0. The van der Waals surface area contributed by atoms with Crippen LogP contribution in [0.3, 0.4) is 0 Å². The van der Waals surface area contributed by atoms with Crippen molar-refractivity contribution >= 4 is 32.7 Å². The van der Waals surface area contributed by atoms with E-state index in [0.717, 1.165) is 5.21 Å². The predicted molar refractivity (Wildman–Crippen MR) is 41.8 cm³/mol. The van der Waals surface area contributed by atoms with Crippen LogP contribution in [0.25, 0.3) is 0 Å². The maximum atomic E-state index is 5.62. The Bertz CT molecular complexity index is 47.7. The summed E-state index contributed by atoms with van der Waals surface area (Å²) in [5.74, 6) is 0. The van der Waals surface area contributed by atoms with Gasteiger partial charge >= 0.3 is 64.1 Å². The summed E-state index contributed by atoms with van der Waals surface area (Å²) in [4.78, 5) is 0. The van der Waals surface area contributed by atoms with Crippen molar-refractivity contribution in [2.24, 2.45) is 0 Å². The van der Waals surface area contributed by atoms with E-state index in [4.69, 9.17) is 19.9 Å². The van der Waals surface area contributed by atoms with E-state index in [1.807, 2.05) is 0 Å². The van der Waals surface area contributed by atoms with Gasteiger partial charge in [0.1, 0.15) is 0 Å². The standard InChI is InChI=1S/C5H11AsCl2/c1-2-3-4-5-6(7)8/h2-5H2,1H3. The Labute approximate surface area is 64.1 Å². The Balaban J connectivity index is 2.72. The number of unbranched alkanes of at least 4 members (excludes halogenated alkanes) is 2. The van der Waals surface area contributed by atoms with Gasteiger partial charge in [-0.2, -0.15) is 0 Å². The molecule has 0 aromatic rings. The summed E-state index contributed by atoms with van der Waals surface area (Å²) in [6.07, 6.45) is 3.77. The summed E-state index contributed by atoms with van der Waals surface area (Å²) in [5.41, 5.74) is 0. The van der Waals surface area contributed by atoms with Gasteiger partial charge in [-0.05, 0) is 0 Å². The van der Waals surface area contributed by atoms with Crippen LogP contribution in [0.2, 0.25) is 5.21 Å². The van der Waals surface area contributed by atoms with Gasteiger partial charge in [0.05, 0.1) is 0 Å². The first-order chi connectivity index (χ1) is 3.77. The molecule has 0 bridgehead atoms. The van der Waals surface area contributed by atoms with Crippen molar-refractivity contribution in [3.05, 3.63) is 0 Å². The topological polar surface area (TPSA) is 0 Å². The predicted octanol–water partition coefficient (Wildman–Crippen LogP) is 3.14. The zero-order chi connectivity index (χ0) is 6.41. The average Bonchev–Trinajstić information content (AvgIpc) is 1.66. The summed E-state index contributed by atoms with van der Waals surface area (Å²) in [7, 11) is 11.2. The Morgan fingerprint density at radius 1 is 1.25 bits per heavy atom. The molecule has 0 heterocycles. The fourth-order valence-electron chi connectivity index (χ4n) is 0.481. The molecule has 0 aromatic carbocycles. The fraction of sp³-hybridized carbons (Fsp3) is 1.00. The van der Waals surface area contributed by atoms with Gasteiger partial charge in [-0.3, -0.25) is 0 Å². The number of halogens is 2. The van der Waals surface area contributed by atoms with E-state index < -0.39 is 12.8 Å². The number of hydrogen-bond acceptors (Lipinski definition) is 0. The molecule has 0 saturated heterocycles. The van der Waals surface area contributed by atoms with Crippen LogP contribution >= 0.6 is 19.9 Å². The monoisotopic (exact) mass is 216 g/mol. The van der Waals surface area contributed by atoms with Gasteiger partial charge in [0.2, 0.25) is 0 Å². The average molecular weight is 217 g/mol. The molecule has 0 spiro atoms. The molecule has 0 saturated carbocycles. The molecule has 50 valence electrons. The molecule has 0 amide bonds. The van der Waals surface area contributed by atoms with Crippen LogP contribution in [0.1, 0.15) is 26.2 Å². The molecule has 0 aliphatic rings. The first kappa shape index (κ1) is 9.14. The second kappa shape index (κ2) is 6.26. The molecule has 0 radical (unpaired) electrons. The van der Waals surface area contributed by atoms with Crippen molar-refractivity contribution in [1.29, 1.82) is 0 Å². The molecule has 0 N–H and O–H groups in total. The first-order valence-corrected chi connectivity index (χ1v) is 9.12. The van der Waals surface area contributed by atoms with Crippen molar-refractivity contribution in [2.45, 2.75) is 31.4 Å². The van der Waals surface area contributed by atoms with Crippen molar-refractivity contribution < 1.29 is 0 Å². The third kappa shape index (κ3) is 7.14. The van der Waals surface area contributed by atoms with Gasteiger partial charge < -0.3 is 0 Å². The SMILES string of the molecule is CCCCC[As](Cl)Cl. The van der Waals surface area contributed by atoms with E-state index in [2.05, 4.69) is 6.92 Å². The van der Waals surface area contributed by atoms with Crippen LogP contribution < -0.4 is 0 Å². The van der Waals surface area contributed by atoms with Crippen molar-refractivity contribution in [1.82, 2.24) is 0 Å². The third-order valence-corrected chi connectivity index (χ3v) is 4.06. The maximum absolute atomic E-state index is 5.62. The minimum absolute atomic E-state index is 1.09. The summed E-state index contributed by atoms with van der Waals surface area (Å²) < 4.78 is 0. The molecule has 0 aliphatic heterocycles. The van der Waals surface area contributed by atoms with Gasteiger partial charge in [-0.25, -0.2) is 0 Å². The summed E-state index contributed by atoms with van der Waals surface area (Å²) >= 11 is -1.31. The molecule has 0 aliphatic carbocycles. The zero-order valence-corrected chi connectivity index (χ0v) is 8.42. The zero-order valence-electron chi connectivity index (χ0n) is 5.03. The van der Waals surface area contributed by atoms with Gasteiger partial charge in [0.25, 0.3) is 0 Å². The molecule has 0 unspecified atom stereocenters. The van der Waals surface area contributed by atoms with Crippen LogP contribution in [0, 0.1) is 0 Å². The van der Waals surface area contributed by atoms with Crippen LogP contribution in [0.5, 0.6) is 0 Å². The van der Waals surface area contributed by atoms with Crippen LogP contribution in [0.15, 0.2) is 0 Å². The molecule has 3 heteroatoms. The van der Waals surface area contributed by atoms with E-state index in [1.54, 1.807) is 0 Å². The molecule has 0 rings (SSSR count). The summed E-state index contributed by atoms with van der Waals surface area (Å²) in [5, 5.41) is 1.09. The van der Waals surface area contributed by atoms with E-state index in [0.29, 0.717) is 0 Å². The molecule has 0 aromatic heterocycles. The molecular formula is C5H11AsCl2. The second-order valence-corrected chi connectivity index (χ2v) is 9.08. The number of hydrogen-bond donors (Lipinski definition) is 0. The quantitative estimate of drug-likeness (QED) is 0.501. The van der Waals surface area contributed by atoms with Crippen LogP contribution in [0.4, 0.5) is 0 Å². The molecular weight excluding hydrogens is 206 g/mol. The molecule has 8 heavy (non-hydrogen) atoms. The minimum atomic E-state index is -1.31. The van der Waals surface area contributed by atoms with Crippen molar-refractivity contribution in [3.63, 3.8) is 0 Å². The Kier molecular flexibility index (Phi) is 7.15. The Morgan fingerprint density at radius 3 is 2.25 bits per heavy atom. The second-order valence-electron chi connectivity index (χ2n) is 1.73. The van der Waals surface area contributed by atoms with E-state index in [-0.39, 0.29) is 0 Å². The molecule has 0 atom stereocenters. The Hall–Kier alpha value is 1.14. The molecule has 0 nitrogen and oxygen atoms in total. The van der Waals surface area contributed by atoms with Crippen molar-refractivity contribution in [3.8, 4) is 0 Å². The van der Waals surface area contributed by atoms with Gasteiger partial charge in [0, 0.05) is 0 Å². The number of rotatable bonds is 4. The van der Waals surface area contributed by atoms with Gasteiger partial charge in [0.15, 0.2) is 0 Å². The normalized spacial score (nSPS) is 10.5. The summed E-state index contributed by atoms with van der Waals surface area (Å²) in [6.45, 7) is 2.18. The Morgan fingerprint density at radius 2 is 1.88 bits per heavy atom. The van der Waals surface area contributed by atoms with Gasteiger partial charge in [-0.1, -0.05) is 0 Å². The van der Waals surface area contributed by atoms with Gasteiger partial charge in [-0.15, -0.1) is 0 Å². The van der Waals surface area contributed by atoms with Crippen LogP contribution in [-0.4, -0.2) is 12.8 Å². The van der Waals surface area contributed by atoms with E-state index >= 15 is 0 Å². The third-order valence-electron chi connectivity index (χ3n) is 0.931. The van der Waals surface area contributed by atoms with Crippen molar-refractivity contribution in [2.75, 3.05) is 0 Å². The van der Waals surface area contributed by atoms with Crippen LogP contribution in [-0.2, 0) is 0 Å². The molecule has 0 fully saturated rings. The van der Waals surface area contributed by atoms with E-state index in [1.165, 1.54) is 19.3 Å². The fourth-order valence-corrected chi connectivity index (χ4v) is 2.69. The van der Waals surface area contributed by atoms with E-state index in [9.17, 15) is 0 Å². The first-order valence-electron chi connectivity index (χ1n) is 2.86.